The maximum atomic E-state index is 13.1. The van der Waals surface area contributed by atoms with Gasteiger partial charge in [-0.25, -0.2) is 0 Å². The van der Waals surface area contributed by atoms with Crippen LogP contribution in [-0.4, -0.2) is 46.7 Å². The van der Waals surface area contributed by atoms with Crippen LogP contribution < -0.4 is 23.7 Å². The lowest BCUT2D eigenvalue weighted by Gasteiger charge is -2.38. The first kappa shape index (κ1) is 22.2. The number of esters is 2. The van der Waals surface area contributed by atoms with Gasteiger partial charge in [0.15, 0.2) is 23.0 Å². The van der Waals surface area contributed by atoms with Crippen LogP contribution in [0.4, 0.5) is 0 Å². The fourth-order valence-electron chi connectivity index (χ4n) is 5.17. The largest absolute Gasteiger partial charge is 0.493 e. The molecule has 34 heavy (non-hydrogen) atoms. The van der Waals surface area contributed by atoms with E-state index in [4.69, 9.17) is 33.2 Å². The molecular formula is C25H26O9. The van der Waals surface area contributed by atoms with Crippen LogP contribution in [0.15, 0.2) is 24.3 Å². The maximum Gasteiger partial charge on any atom is 0.310 e. The van der Waals surface area contributed by atoms with Crippen LogP contribution in [0.25, 0.3) is 0 Å². The molecule has 9 heteroatoms. The zero-order valence-electron chi connectivity index (χ0n) is 19.4. The summed E-state index contributed by atoms with van der Waals surface area (Å²) in [5, 5.41) is 0. The molecule has 180 valence electrons. The van der Waals surface area contributed by atoms with E-state index in [1.165, 1.54) is 7.11 Å². The number of carbonyl (C=O) groups is 2. The Morgan fingerprint density at radius 3 is 2.18 bits per heavy atom. The van der Waals surface area contributed by atoms with E-state index in [0.717, 1.165) is 16.7 Å². The molecule has 2 heterocycles. The standard InChI is InChI=1S/C25H26O9/c1-5-20(26)34-23-14-9-17-16(32-11-33-17)8-13(14)21(22-15(23)10-31-25(22)27)12-6-18(28-2)24(30-4)19(7-12)29-3/h6-9,15,21-23H,5,10-11H2,1-4H3/t15-,21+,22+,23-/m0/s1. The lowest BCUT2D eigenvalue weighted by molar-refractivity contribution is -0.154. The number of cyclic esters (lactones) is 1. The Kier molecular flexibility index (Phi) is 5.63. The van der Waals surface area contributed by atoms with Crippen molar-refractivity contribution in [1.82, 2.24) is 0 Å². The number of fused-ring (bicyclic) bond motifs is 3. The zero-order chi connectivity index (χ0) is 24.0. The van der Waals surface area contributed by atoms with Crippen molar-refractivity contribution in [3.63, 3.8) is 0 Å². The van der Waals surface area contributed by atoms with Crippen molar-refractivity contribution in [3.8, 4) is 28.7 Å². The third-order valence-electron chi connectivity index (χ3n) is 6.71. The van der Waals surface area contributed by atoms with Gasteiger partial charge in [-0.05, 0) is 35.4 Å². The first-order valence-electron chi connectivity index (χ1n) is 11.1. The van der Waals surface area contributed by atoms with Crippen LogP contribution in [0.5, 0.6) is 28.7 Å². The highest BCUT2D eigenvalue weighted by Crippen LogP contribution is 2.56. The number of benzene rings is 2. The number of hydrogen-bond donors (Lipinski definition) is 0. The number of methoxy groups -OCH3 is 3. The lowest BCUT2D eigenvalue weighted by Crippen LogP contribution is -2.36. The summed E-state index contributed by atoms with van der Waals surface area (Å²) in [6.45, 7) is 1.99. The molecule has 0 spiro atoms. The van der Waals surface area contributed by atoms with Gasteiger partial charge in [-0.1, -0.05) is 6.92 Å². The van der Waals surface area contributed by atoms with Crippen molar-refractivity contribution >= 4 is 11.9 Å². The zero-order valence-corrected chi connectivity index (χ0v) is 19.4. The smallest absolute Gasteiger partial charge is 0.310 e. The molecule has 9 nitrogen and oxygen atoms in total. The SMILES string of the molecule is CCC(=O)O[C@H]1c2cc3c(cc2[C@@H](c2cc(OC)c(OC)c(OC)c2)[C@@H]2C(=O)OC[C@@H]21)OCO3. The molecular weight excluding hydrogens is 444 g/mol. The van der Waals surface area contributed by atoms with E-state index < -0.39 is 17.9 Å². The molecule has 0 aromatic heterocycles. The highest BCUT2D eigenvalue weighted by Gasteiger charge is 2.54. The summed E-state index contributed by atoms with van der Waals surface area (Å²) < 4.78 is 39.2. The molecule has 4 atom stereocenters. The quantitative estimate of drug-likeness (QED) is 0.589. The summed E-state index contributed by atoms with van der Waals surface area (Å²) in [5.74, 6) is 0.492. The Balaban J connectivity index is 1.73. The minimum atomic E-state index is -0.647. The Hall–Kier alpha value is -3.62. The van der Waals surface area contributed by atoms with Crippen LogP contribution in [0.1, 0.15) is 42.1 Å². The van der Waals surface area contributed by atoms with Gasteiger partial charge in [-0.15, -0.1) is 0 Å². The van der Waals surface area contributed by atoms with Gasteiger partial charge in [0.25, 0.3) is 0 Å². The lowest BCUT2D eigenvalue weighted by atomic mass is 9.66. The van der Waals surface area contributed by atoms with E-state index >= 15 is 0 Å². The van der Waals surface area contributed by atoms with Gasteiger partial charge in [0.05, 0.1) is 33.9 Å². The highest BCUT2D eigenvalue weighted by atomic mass is 16.7. The second-order valence-electron chi connectivity index (χ2n) is 8.35. The Morgan fingerprint density at radius 1 is 0.941 bits per heavy atom. The normalized spacial score (nSPS) is 24.1. The molecule has 3 aliphatic rings. The van der Waals surface area contributed by atoms with E-state index in [9.17, 15) is 9.59 Å². The van der Waals surface area contributed by atoms with Gasteiger partial charge in [-0.3, -0.25) is 9.59 Å². The molecule has 1 saturated heterocycles. The summed E-state index contributed by atoms with van der Waals surface area (Å²) in [4.78, 5) is 25.4. The third kappa shape index (κ3) is 3.38. The average molecular weight is 470 g/mol. The minimum absolute atomic E-state index is 0.0986. The van der Waals surface area contributed by atoms with Crippen LogP contribution >= 0.6 is 0 Å². The summed E-state index contributed by atoms with van der Waals surface area (Å²) >= 11 is 0. The fraction of sp³-hybridized carbons (Fsp3) is 0.440. The molecule has 5 rings (SSSR count). The van der Waals surface area contributed by atoms with Crippen molar-refractivity contribution < 1.29 is 42.7 Å². The van der Waals surface area contributed by atoms with Gasteiger partial charge in [0.1, 0.15) is 6.10 Å². The molecule has 1 aliphatic carbocycles. The number of hydrogen-bond acceptors (Lipinski definition) is 9. The van der Waals surface area contributed by atoms with E-state index in [0.29, 0.717) is 28.7 Å². The van der Waals surface area contributed by atoms with Gasteiger partial charge >= 0.3 is 11.9 Å². The van der Waals surface area contributed by atoms with E-state index in [1.54, 1.807) is 21.1 Å². The molecule has 0 radical (unpaired) electrons. The molecule has 2 aliphatic heterocycles. The summed E-state index contributed by atoms with van der Waals surface area (Å²) in [6, 6.07) is 7.37. The van der Waals surface area contributed by atoms with Gasteiger partial charge in [0.2, 0.25) is 12.5 Å². The number of rotatable bonds is 6. The summed E-state index contributed by atoms with van der Waals surface area (Å²) in [7, 11) is 4.62. The third-order valence-corrected chi connectivity index (χ3v) is 6.71. The fourth-order valence-corrected chi connectivity index (χ4v) is 5.17. The summed E-state index contributed by atoms with van der Waals surface area (Å²) in [5.41, 5.74) is 2.35. The Morgan fingerprint density at radius 2 is 1.59 bits per heavy atom. The van der Waals surface area contributed by atoms with Gasteiger partial charge < -0.3 is 33.2 Å². The van der Waals surface area contributed by atoms with Gasteiger partial charge in [-0.2, -0.15) is 0 Å². The molecule has 0 N–H and O–H groups in total. The highest BCUT2D eigenvalue weighted by molar-refractivity contribution is 5.79. The first-order valence-corrected chi connectivity index (χ1v) is 11.1. The van der Waals surface area contributed by atoms with Gasteiger partial charge in [0, 0.05) is 23.8 Å². The van der Waals surface area contributed by atoms with Crippen molar-refractivity contribution in [3.05, 3.63) is 41.0 Å². The van der Waals surface area contributed by atoms with Crippen molar-refractivity contribution in [1.29, 1.82) is 0 Å². The van der Waals surface area contributed by atoms with Crippen LogP contribution in [0, 0.1) is 11.8 Å². The minimum Gasteiger partial charge on any atom is -0.493 e. The molecule has 2 aromatic carbocycles. The maximum absolute atomic E-state index is 13.1. The predicted octanol–water partition coefficient (Wildman–Crippen LogP) is 3.37. The average Bonchev–Trinajstić information content (AvgIpc) is 3.48. The molecule has 1 fully saturated rings. The van der Waals surface area contributed by atoms with Crippen LogP contribution in [-0.2, 0) is 19.1 Å². The topological polar surface area (TPSA) is 98.8 Å². The second kappa shape index (κ2) is 8.62. The van der Waals surface area contributed by atoms with Crippen molar-refractivity contribution in [2.45, 2.75) is 25.4 Å². The van der Waals surface area contributed by atoms with E-state index in [1.807, 2.05) is 24.3 Å². The predicted molar refractivity (Wildman–Crippen MR) is 118 cm³/mol. The molecule has 2 aromatic rings. The van der Waals surface area contributed by atoms with Crippen LogP contribution in [0.2, 0.25) is 0 Å². The molecule has 0 amide bonds. The monoisotopic (exact) mass is 470 g/mol. The number of ether oxygens (including phenoxy) is 7. The van der Waals surface area contributed by atoms with Crippen molar-refractivity contribution in [2.75, 3.05) is 34.7 Å². The Bertz CT molecular complexity index is 1120. The second-order valence-corrected chi connectivity index (χ2v) is 8.35. The van der Waals surface area contributed by atoms with E-state index in [-0.39, 0.29) is 37.7 Å². The summed E-state index contributed by atoms with van der Waals surface area (Å²) in [6.07, 6.45) is -0.425. The molecule has 0 saturated carbocycles. The van der Waals surface area contributed by atoms with E-state index in [2.05, 4.69) is 0 Å². The molecule has 0 unspecified atom stereocenters. The van der Waals surface area contributed by atoms with Crippen LogP contribution in [0.3, 0.4) is 0 Å². The first-order chi connectivity index (χ1) is 16.5. The molecule has 0 bridgehead atoms. The van der Waals surface area contributed by atoms with Crippen molar-refractivity contribution in [2.24, 2.45) is 11.8 Å². The number of carbonyl (C=O) groups excluding carboxylic acids is 2. The Labute approximate surface area is 196 Å².